The van der Waals surface area contributed by atoms with Crippen LogP contribution in [0.4, 0.5) is 5.69 Å². The minimum atomic E-state index is -0.541. The summed E-state index contributed by atoms with van der Waals surface area (Å²) in [7, 11) is 0. The molecule has 6 nitrogen and oxygen atoms in total. The van der Waals surface area contributed by atoms with E-state index >= 15 is 0 Å². The number of phenols is 1. The highest BCUT2D eigenvalue weighted by Gasteiger charge is 2.36. The van der Waals surface area contributed by atoms with E-state index in [1.54, 1.807) is 6.07 Å². The average molecular weight is 372 g/mol. The van der Waals surface area contributed by atoms with E-state index in [4.69, 9.17) is 0 Å². The Morgan fingerprint density at radius 1 is 1.36 bits per heavy atom. The zero-order valence-electron chi connectivity index (χ0n) is 13.1. The first kappa shape index (κ1) is 17.2. The summed E-state index contributed by atoms with van der Waals surface area (Å²) >= 11 is 3.33. The maximum Gasteiger partial charge on any atom is 0.312 e. The first-order chi connectivity index (χ1) is 10.2. The highest BCUT2D eigenvalue weighted by molar-refractivity contribution is 9.10. The summed E-state index contributed by atoms with van der Waals surface area (Å²) in [5.41, 5.74) is 0.188. The van der Waals surface area contributed by atoms with Gasteiger partial charge in [-0.15, -0.1) is 0 Å². The van der Waals surface area contributed by atoms with Crippen molar-refractivity contribution < 1.29 is 10.0 Å². The van der Waals surface area contributed by atoms with Gasteiger partial charge in [-0.1, -0.05) is 36.7 Å². The number of hydrogen-bond acceptors (Lipinski definition) is 5. The molecule has 0 amide bonds. The van der Waals surface area contributed by atoms with Crippen molar-refractivity contribution in [2.45, 2.75) is 26.8 Å². The molecule has 2 rings (SSSR count). The normalized spacial score (nSPS) is 18.2. The Hall–Kier alpha value is -1.18. The minimum absolute atomic E-state index is 0.0919. The van der Waals surface area contributed by atoms with Crippen molar-refractivity contribution >= 4 is 21.6 Å². The molecule has 1 atom stereocenters. The number of nitro groups is 1. The van der Waals surface area contributed by atoms with Gasteiger partial charge in [-0.05, 0) is 11.5 Å². The Bertz CT molecular complexity index is 566. The second-order valence-corrected chi connectivity index (χ2v) is 7.59. The lowest BCUT2D eigenvalue weighted by atomic mass is 9.80. The van der Waals surface area contributed by atoms with E-state index in [0.717, 1.165) is 26.2 Å². The molecule has 0 radical (unpaired) electrons. The van der Waals surface area contributed by atoms with Crippen LogP contribution in [-0.4, -0.2) is 41.1 Å². The van der Waals surface area contributed by atoms with E-state index in [-0.39, 0.29) is 22.9 Å². The number of benzene rings is 1. The zero-order valence-corrected chi connectivity index (χ0v) is 14.7. The fourth-order valence-corrected chi connectivity index (χ4v) is 3.57. The number of nitro benzene ring substituents is 1. The molecule has 0 aliphatic carbocycles. The van der Waals surface area contributed by atoms with Crippen molar-refractivity contribution in [3.63, 3.8) is 0 Å². The Morgan fingerprint density at radius 3 is 2.45 bits per heavy atom. The lowest BCUT2D eigenvalue weighted by Gasteiger charge is -2.42. The maximum absolute atomic E-state index is 11.2. The smallest absolute Gasteiger partial charge is 0.312 e. The van der Waals surface area contributed by atoms with E-state index in [2.05, 4.69) is 46.9 Å². The van der Waals surface area contributed by atoms with Crippen molar-refractivity contribution in [1.82, 2.24) is 10.2 Å². The Morgan fingerprint density at radius 2 is 1.95 bits per heavy atom. The zero-order chi connectivity index (χ0) is 16.5. The number of phenolic OH excluding ortho intramolecular Hbond substituents is 1. The summed E-state index contributed by atoms with van der Waals surface area (Å²) in [6, 6.07) is 3.04. The molecule has 1 aliphatic heterocycles. The molecule has 7 heteroatoms. The summed E-state index contributed by atoms with van der Waals surface area (Å²) < 4.78 is 0.608. The average Bonchev–Trinajstić information content (AvgIpc) is 2.42. The van der Waals surface area contributed by atoms with E-state index in [1.807, 2.05) is 0 Å². The summed E-state index contributed by atoms with van der Waals surface area (Å²) in [6.45, 7) is 9.72. The molecule has 0 aromatic heterocycles. The molecule has 1 saturated heterocycles. The molecule has 1 heterocycles. The van der Waals surface area contributed by atoms with Crippen LogP contribution in [0.5, 0.6) is 5.75 Å². The van der Waals surface area contributed by atoms with Gasteiger partial charge in [0, 0.05) is 48.3 Å². The van der Waals surface area contributed by atoms with Crippen molar-refractivity contribution in [2.24, 2.45) is 5.41 Å². The highest BCUT2D eigenvalue weighted by Crippen LogP contribution is 2.45. The fourth-order valence-electron chi connectivity index (χ4n) is 3.10. The molecule has 0 saturated carbocycles. The molecule has 122 valence electrons. The van der Waals surface area contributed by atoms with Crippen molar-refractivity contribution in [3.05, 3.63) is 32.3 Å². The molecular formula is C15H22BrN3O3. The van der Waals surface area contributed by atoms with Gasteiger partial charge in [0.1, 0.15) is 0 Å². The van der Waals surface area contributed by atoms with Crippen LogP contribution in [0.15, 0.2) is 16.6 Å². The minimum Gasteiger partial charge on any atom is -0.502 e. The second kappa shape index (κ2) is 6.52. The SMILES string of the molecule is CC(C)(C)[C@@H](c1cc(Br)cc([N+](=O)[O-])c1O)N1CCNCC1. The van der Waals surface area contributed by atoms with Crippen LogP contribution in [0.1, 0.15) is 32.4 Å². The van der Waals surface area contributed by atoms with Gasteiger partial charge in [0.2, 0.25) is 0 Å². The monoisotopic (exact) mass is 371 g/mol. The van der Waals surface area contributed by atoms with Gasteiger partial charge in [0.15, 0.2) is 5.75 Å². The molecule has 1 aliphatic rings. The molecular weight excluding hydrogens is 350 g/mol. The van der Waals surface area contributed by atoms with Gasteiger partial charge >= 0.3 is 5.69 Å². The predicted octanol–water partition coefficient (Wildman–Crippen LogP) is 3.06. The van der Waals surface area contributed by atoms with Crippen LogP contribution in [0.2, 0.25) is 0 Å². The second-order valence-electron chi connectivity index (χ2n) is 6.67. The van der Waals surface area contributed by atoms with Gasteiger partial charge in [-0.3, -0.25) is 15.0 Å². The fraction of sp³-hybridized carbons (Fsp3) is 0.600. The molecule has 1 fully saturated rings. The van der Waals surface area contributed by atoms with Gasteiger partial charge in [-0.2, -0.15) is 0 Å². The summed E-state index contributed by atoms with van der Waals surface area (Å²) in [4.78, 5) is 12.9. The van der Waals surface area contributed by atoms with Crippen molar-refractivity contribution in [3.8, 4) is 5.75 Å². The first-order valence-electron chi connectivity index (χ1n) is 7.33. The summed E-state index contributed by atoms with van der Waals surface area (Å²) in [5, 5.41) is 24.9. The number of nitrogens with zero attached hydrogens (tertiary/aromatic N) is 2. The summed E-state index contributed by atoms with van der Waals surface area (Å²) in [6.07, 6.45) is 0. The third kappa shape index (κ3) is 3.59. The lowest BCUT2D eigenvalue weighted by molar-refractivity contribution is -0.386. The molecule has 22 heavy (non-hydrogen) atoms. The quantitative estimate of drug-likeness (QED) is 0.630. The molecule has 1 aromatic rings. The van der Waals surface area contributed by atoms with Crippen LogP contribution in [0.25, 0.3) is 0 Å². The number of hydrogen-bond donors (Lipinski definition) is 2. The van der Waals surface area contributed by atoms with Gasteiger partial charge < -0.3 is 10.4 Å². The number of piperazine rings is 1. The number of rotatable bonds is 3. The molecule has 0 unspecified atom stereocenters. The van der Waals surface area contributed by atoms with Crippen molar-refractivity contribution in [1.29, 1.82) is 0 Å². The molecule has 0 bridgehead atoms. The number of nitrogens with one attached hydrogen (secondary N) is 1. The highest BCUT2D eigenvalue weighted by atomic mass is 79.9. The van der Waals surface area contributed by atoms with Crippen LogP contribution in [0.3, 0.4) is 0 Å². The van der Waals surface area contributed by atoms with Crippen LogP contribution in [0, 0.1) is 15.5 Å². The van der Waals surface area contributed by atoms with E-state index in [9.17, 15) is 15.2 Å². The first-order valence-corrected chi connectivity index (χ1v) is 8.12. The van der Waals surface area contributed by atoms with Crippen molar-refractivity contribution in [2.75, 3.05) is 26.2 Å². The largest absolute Gasteiger partial charge is 0.502 e. The van der Waals surface area contributed by atoms with E-state index < -0.39 is 4.92 Å². The molecule has 1 aromatic carbocycles. The van der Waals surface area contributed by atoms with Crippen LogP contribution >= 0.6 is 15.9 Å². The predicted molar refractivity (Wildman–Crippen MR) is 89.1 cm³/mol. The lowest BCUT2D eigenvalue weighted by Crippen LogP contribution is -2.48. The third-order valence-corrected chi connectivity index (χ3v) is 4.37. The number of halogens is 1. The van der Waals surface area contributed by atoms with E-state index in [1.165, 1.54) is 6.07 Å². The molecule has 2 N–H and O–H groups in total. The Balaban J connectivity index is 2.54. The Labute approximate surface area is 138 Å². The van der Waals surface area contributed by atoms with E-state index in [0.29, 0.717) is 10.0 Å². The van der Waals surface area contributed by atoms with Gasteiger partial charge in [0.25, 0.3) is 0 Å². The van der Waals surface area contributed by atoms with Gasteiger partial charge in [-0.25, -0.2) is 0 Å². The van der Waals surface area contributed by atoms with Crippen LogP contribution in [-0.2, 0) is 0 Å². The van der Waals surface area contributed by atoms with Crippen LogP contribution < -0.4 is 5.32 Å². The summed E-state index contributed by atoms with van der Waals surface area (Å²) in [5.74, 6) is -0.230. The standard InChI is InChI=1S/C15H22BrN3O3/c1-15(2,3)14(18-6-4-17-5-7-18)11-8-10(16)9-12(13(11)20)19(21)22/h8-9,14,17,20H,4-7H2,1-3H3/t14-/m1/s1. The Kier molecular flexibility index (Phi) is 5.09. The third-order valence-electron chi connectivity index (χ3n) is 3.91. The topological polar surface area (TPSA) is 78.6 Å². The maximum atomic E-state index is 11.2. The number of aromatic hydroxyl groups is 1. The molecule has 0 spiro atoms. The van der Waals surface area contributed by atoms with Gasteiger partial charge in [0.05, 0.1) is 4.92 Å².